The van der Waals surface area contributed by atoms with E-state index in [1.165, 1.54) is 53.1 Å². The second-order valence-corrected chi connectivity index (χ2v) is 24.9. The number of carbonyl (C=O) groups is 9. The second kappa shape index (κ2) is 34.8. The molecule has 26 heteroatoms. The number of carbonyl (C=O) groups excluding carboxylic acids is 9. The highest BCUT2D eigenvalue weighted by atomic mass is 16.6. The fraction of sp³-hybridized carbons (Fsp3) is 0.641. The third-order valence-corrected chi connectivity index (χ3v) is 16.7. The third kappa shape index (κ3) is 23.9. The van der Waals surface area contributed by atoms with Crippen molar-refractivity contribution in [3.63, 3.8) is 0 Å². The van der Waals surface area contributed by atoms with Crippen LogP contribution in [0.1, 0.15) is 126 Å². The van der Waals surface area contributed by atoms with Crippen molar-refractivity contribution in [1.29, 1.82) is 0 Å². The maximum Gasteiger partial charge on any atom is 0.415 e. The number of likely N-dealkylation sites (N-methyl/N-ethyl adjacent to an activating group) is 1. The fourth-order valence-corrected chi connectivity index (χ4v) is 10.7. The van der Waals surface area contributed by atoms with E-state index in [1.807, 2.05) is 20.8 Å². The predicted octanol–water partition coefficient (Wildman–Crippen LogP) is 3.96. The summed E-state index contributed by atoms with van der Waals surface area (Å²) in [5, 5.41) is 54.7. The number of urea groups is 1. The van der Waals surface area contributed by atoms with Crippen LogP contribution in [0.3, 0.4) is 0 Å². The topological polar surface area (TPSA) is 362 Å². The Bertz CT molecular complexity index is 2730. The molecule has 0 saturated carbocycles. The zero-order chi connectivity index (χ0) is 66.5. The number of hydrogen-bond donors (Lipinski definition) is 9. The van der Waals surface area contributed by atoms with Gasteiger partial charge in [0, 0.05) is 102 Å². The summed E-state index contributed by atoms with van der Waals surface area (Å²) in [6.07, 6.45) is 8.16. The van der Waals surface area contributed by atoms with Gasteiger partial charge in [-0.25, -0.2) is 14.4 Å². The van der Waals surface area contributed by atoms with Gasteiger partial charge in [-0.1, -0.05) is 65.3 Å². The molecule has 9 amide bonds. The summed E-state index contributed by atoms with van der Waals surface area (Å²) in [5.74, 6) is -3.67. The first-order chi connectivity index (χ1) is 42.5. The van der Waals surface area contributed by atoms with E-state index in [-0.39, 0.29) is 119 Å². The van der Waals surface area contributed by atoms with Crippen molar-refractivity contribution in [3.05, 3.63) is 72.4 Å². The minimum absolute atomic E-state index is 0.00103. The van der Waals surface area contributed by atoms with Gasteiger partial charge >= 0.3 is 24.2 Å². The highest BCUT2D eigenvalue weighted by Gasteiger charge is 2.47. The van der Waals surface area contributed by atoms with Crippen LogP contribution in [0.5, 0.6) is 5.75 Å². The minimum Gasteiger partial charge on any atom is -0.457 e. The number of aliphatic hydroxyl groups is 4. The molecule has 500 valence electrons. The standard InChI is InChI=1S/C64H97N9O17/c1-10-48(75)43(6)57-49(88-57)39-63(7,85)28-14-16-41(4)56-42(5)19-24-50(64(8,86)29-27-45(74)38-54(79)90-56)89-62(84)72-36-34-71(35-37-72)33-32-70(9)61(83)87-46-22-20-44(21-23-46)67-58(80)47(17-15-30-66-60(65)82)68-59(81)55(40(2)3)69-51(76)18-12-11-13-31-73-52(77)25-26-53(73)78/h14,16,19-26,28,40,42-43,45,47-50,55-57,74-75,85-86H,10-13,15,17-18,27,29-39H2,1-9H3,(H,67,80)(H,68,81)(H,69,76)(H3,65,66,82)/b24-19+,28-14+,41-16+/t42-,43+,45+,47-,48-,49+,50-,55-,56+,57+,63?,64+/m0/s1. The average Bonchev–Trinajstić information content (AvgIpc) is 3.65. The molecule has 10 N–H and O–H groups in total. The SMILES string of the molecule is CC[C@H](O)[C@@H](C)[C@H]1O[C@@H]1CC(C)(O)/C=C/C=C(\C)[C@H]1OC(=O)C[C@H](O)CC[C@@](C)(O)[C@@H](OC(=O)N2CCN(CCN(C)C(=O)Oc3ccc(NC(=O)[C@H](CCCNC(N)=O)NC(=O)[C@@H](NC(=O)CCCCCN4C(=O)C=CC4=O)C(C)C)cc3)CC2)/C=C/[C@@H]1C. The molecule has 0 aliphatic carbocycles. The quantitative estimate of drug-likeness (QED) is 0.0137. The smallest absolute Gasteiger partial charge is 0.415 e. The molecule has 0 radical (unpaired) electrons. The Morgan fingerprint density at radius 1 is 0.944 bits per heavy atom. The van der Waals surface area contributed by atoms with Crippen LogP contribution < -0.4 is 31.7 Å². The number of amides is 9. The van der Waals surface area contributed by atoms with Gasteiger partial charge in [0.2, 0.25) is 17.7 Å². The lowest BCUT2D eigenvalue weighted by Gasteiger charge is -2.37. The number of benzene rings is 1. The Morgan fingerprint density at radius 2 is 1.62 bits per heavy atom. The Morgan fingerprint density at radius 3 is 2.27 bits per heavy atom. The molecule has 0 bridgehead atoms. The highest BCUT2D eigenvalue weighted by molar-refractivity contribution is 6.12. The molecule has 26 nitrogen and oxygen atoms in total. The maximum absolute atomic E-state index is 13.8. The minimum atomic E-state index is -1.63. The summed E-state index contributed by atoms with van der Waals surface area (Å²) in [5.41, 5.74) is 3.31. The largest absolute Gasteiger partial charge is 0.457 e. The van der Waals surface area contributed by atoms with Gasteiger partial charge in [-0.3, -0.25) is 38.6 Å². The summed E-state index contributed by atoms with van der Waals surface area (Å²) in [4.78, 5) is 121. The number of unbranched alkanes of at least 4 members (excludes halogenated alkanes) is 2. The Balaban J connectivity index is 1.09. The first kappa shape index (κ1) is 73.5. The number of anilines is 1. The first-order valence-electron chi connectivity index (χ1n) is 31.4. The molecule has 1 unspecified atom stereocenters. The van der Waals surface area contributed by atoms with Gasteiger partial charge in [0.15, 0.2) is 6.10 Å². The molecule has 4 aliphatic heterocycles. The summed E-state index contributed by atoms with van der Waals surface area (Å²) < 4.78 is 23.3. The molecule has 1 aromatic rings. The lowest BCUT2D eigenvalue weighted by molar-refractivity contribution is -0.151. The second-order valence-electron chi connectivity index (χ2n) is 24.9. The van der Waals surface area contributed by atoms with Gasteiger partial charge in [0.05, 0.1) is 36.4 Å². The number of ether oxygens (including phenoxy) is 4. The number of imide groups is 1. The molecule has 12 atom stereocenters. The van der Waals surface area contributed by atoms with Crippen molar-refractivity contribution in [3.8, 4) is 5.75 Å². The molecule has 2 saturated heterocycles. The number of aliphatic hydroxyl groups excluding tert-OH is 2. The lowest BCUT2D eigenvalue weighted by Crippen LogP contribution is -2.54. The van der Waals surface area contributed by atoms with Crippen molar-refractivity contribution in [1.82, 2.24) is 35.6 Å². The van der Waals surface area contributed by atoms with Crippen molar-refractivity contribution < 1.29 is 82.5 Å². The number of piperazine rings is 1. The molecule has 4 heterocycles. The predicted molar refractivity (Wildman–Crippen MR) is 333 cm³/mol. The summed E-state index contributed by atoms with van der Waals surface area (Å²) in [6, 6.07) is 3.17. The number of rotatable bonds is 29. The van der Waals surface area contributed by atoms with E-state index < -0.39 is 89.6 Å². The number of nitrogens with two attached hydrogens (primary N) is 1. The van der Waals surface area contributed by atoms with Gasteiger partial charge < -0.3 is 76.2 Å². The first-order valence-corrected chi connectivity index (χ1v) is 31.4. The molecular formula is C64H97N9O17. The Labute approximate surface area is 527 Å². The third-order valence-electron chi connectivity index (χ3n) is 16.7. The summed E-state index contributed by atoms with van der Waals surface area (Å²) >= 11 is 0. The van der Waals surface area contributed by atoms with Crippen molar-refractivity contribution in [2.75, 3.05) is 64.7 Å². The van der Waals surface area contributed by atoms with Gasteiger partial charge in [-0.05, 0) is 108 Å². The number of cyclic esters (lactones) is 1. The molecule has 2 fully saturated rings. The molecule has 90 heavy (non-hydrogen) atoms. The van der Waals surface area contributed by atoms with E-state index in [0.29, 0.717) is 63.0 Å². The van der Waals surface area contributed by atoms with E-state index in [0.717, 1.165) is 4.90 Å². The van der Waals surface area contributed by atoms with Crippen LogP contribution in [0.25, 0.3) is 0 Å². The van der Waals surface area contributed by atoms with Crippen molar-refractivity contribution in [2.24, 2.45) is 23.5 Å². The van der Waals surface area contributed by atoms with Gasteiger partial charge in [0.1, 0.15) is 29.5 Å². The van der Waals surface area contributed by atoms with E-state index in [9.17, 15) is 63.6 Å². The Kier molecular flexibility index (Phi) is 28.4. The van der Waals surface area contributed by atoms with Crippen LogP contribution in [0.15, 0.2) is 72.4 Å². The molecule has 1 aromatic carbocycles. The average molecular weight is 1260 g/mol. The lowest BCUT2D eigenvalue weighted by atomic mass is 9.88. The monoisotopic (exact) mass is 1260 g/mol. The number of hydrogen-bond acceptors (Lipinski definition) is 18. The van der Waals surface area contributed by atoms with Crippen LogP contribution in [0.4, 0.5) is 20.1 Å². The molecular weight excluding hydrogens is 1170 g/mol. The molecule has 4 aliphatic rings. The van der Waals surface area contributed by atoms with E-state index in [4.69, 9.17) is 24.7 Å². The molecule has 0 aromatic heterocycles. The van der Waals surface area contributed by atoms with Crippen LogP contribution in [0.2, 0.25) is 0 Å². The van der Waals surface area contributed by atoms with Gasteiger partial charge in [-0.2, -0.15) is 0 Å². The van der Waals surface area contributed by atoms with Gasteiger partial charge in [0.25, 0.3) is 11.8 Å². The van der Waals surface area contributed by atoms with Crippen LogP contribution in [-0.2, 0) is 43.0 Å². The summed E-state index contributed by atoms with van der Waals surface area (Å²) in [7, 11) is 1.58. The zero-order valence-electron chi connectivity index (χ0n) is 53.6. The zero-order valence-corrected chi connectivity index (χ0v) is 53.6. The van der Waals surface area contributed by atoms with Crippen LogP contribution >= 0.6 is 0 Å². The van der Waals surface area contributed by atoms with Crippen molar-refractivity contribution >= 4 is 59.4 Å². The summed E-state index contributed by atoms with van der Waals surface area (Å²) in [6.45, 7) is 16.7. The molecule has 0 spiro atoms. The number of primary amides is 1. The maximum atomic E-state index is 13.8. The molecule has 5 rings (SSSR count). The number of nitrogens with zero attached hydrogens (tertiary/aromatic N) is 4. The van der Waals surface area contributed by atoms with E-state index in [1.54, 1.807) is 65.1 Å². The number of esters is 1. The Hall–Kier alpha value is -7.23. The van der Waals surface area contributed by atoms with Gasteiger partial charge in [-0.15, -0.1) is 0 Å². The number of nitrogens with one attached hydrogen (secondary N) is 4. The van der Waals surface area contributed by atoms with Crippen molar-refractivity contribution in [2.45, 2.75) is 186 Å². The number of allylic oxidation sites excluding steroid dienone is 2. The van der Waals surface area contributed by atoms with Crippen LogP contribution in [0, 0.1) is 17.8 Å². The highest BCUT2D eigenvalue weighted by Crippen LogP contribution is 2.38. The normalized spacial score (nSPS) is 25.0. The van der Waals surface area contributed by atoms with E-state index >= 15 is 0 Å². The fourth-order valence-electron chi connectivity index (χ4n) is 10.7. The number of epoxide rings is 1. The van der Waals surface area contributed by atoms with E-state index in [2.05, 4.69) is 26.2 Å². The van der Waals surface area contributed by atoms with Crippen LogP contribution in [-0.4, -0.2) is 213 Å².